The van der Waals surface area contributed by atoms with Crippen molar-refractivity contribution >= 4 is 22.6 Å². The van der Waals surface area contributed by atoms with Gasteiger partial charge >= 0.3 is 0 Å². The van der Waals surface area contributed by atoms with E-state index in [1.165, 1.54) is 5.56 Å². The third-order valence-corrected chi connectivity index (χ3v) is 5.31. The van der Waals surface area contributed by atoms with E-state index in [9.17, 15) is 4.79 Å². The number of anilines is 1. The quantitative estimate of drug-likeness (QED) is 0.397. The molecule has 0 unspecified atom stereocenters. The molecular formula is C26H28N4O3. The minimum Gasteiger partial charge on any atom is -0.494 e. The summed E-state index contributed by atoms with van der Waals surface area (Å²) in [6.07, 6.45) is 0.983. The molecule has 0 saturated carbocycles. The molecule has 0 aliphatic carbocycles. The number of aromatic nitrogens is 3. The van der Waals surface area contributed by atoms with Crippen molar-refractivity contribution in [1.82, 2.24) is 15.0 Å². The number of nitrogens with zero attached hydrogens (tertiary/aromatic N) is 3. The highest BCUT2D eigenvalue weighted by Crippen LogP contribution is 2.26. The van der Waals surface area contributed by atoms with Gasteiger partial charge in [-0.2, -0.15) is 4.80 Å². The van der Waals surface area contributed by atoms with Crippen LogP contribution in [0.4, 0.5) is 5.69 Å². The zero-order valence-corrected chi connectivity index (χ0v) is 19.4. The Balaban J connectivity index is 1.62. The van der Waals surface area contributed by atoms with Crippen molar-refractivity contribution in [2.45, 2.75) is 34.1 Å². The van der Waals surface area contributed by atoms with Gasteiger partial charge in [-0.15, -0.1) is 10.2 Å². The van der Waals surface area contributed by atoms with Crippen LogP contribution in [0.5, 0.6) is 11.5 Å². The Morgan fingerprint density at radius 2 is 1.48 bits per heavy atom. The highest BCUT2D eigenvalue weighted by Gasteiger charge is 2.14. The van der Waals surface area contributed by atoms with Crippen LogP contribution in [0.15, 0.2) is 54.6 Å². The predicted octanol–water partition coefficient (Wildman–Crippen LogP) is 5.34. The number of aryl methyl sites for hydroxylation is 2. The Hall–Kier alpha value is -3.87. The lowest BCUT2D eigenvalue weighted by atomic mass is 10.1. The van der Waals surface area contributed by atoms with Gasteiger partial charge in [0, 0.05) is 17.3 Å². The van der Waals surface area contributed by atoms with Gasteiger partial charge in [-0.1, -0.05) is 19.1 Å². The van der Waals surface area contributed by atoms with Crippen molar-refractivity contribution in [3.63, 3.8) is 0 Å². The zero-order chi connectivity index (χ0) is 23.4. The summed E-state index contributed by atoms with van der Waals surface area (Å²) in [6, 6.07) is 17.2. The molecule has 1 heterocycles. The first-order chi connectivity index (χ1) is 16.0. The highest BCUT2D eigenvalue weighted by molar-refractivity contribution is 6.06. The van der Waals surface area contributed by atoms with Gasteiger partial charge in [-0.3, -0.25) is 4.79 Å². The molecule has 0 atom stereocenters. The minimum absolute atomic E-state index is 0.248. The Morgan fingerprint density at radius 1 is 0.879 bits per heavy atom. The van der Waals surface area contributed by atoms with Gasteiger partial charge in [0.05, 0.1) is 18.9 Å². The number of carbonyl (C=O) groups excluding carboxylic acids is 1. The number of rotatable bonds is 8. The van der Waals surface area contributed by atoms with E-state index in [4.69, 9.17) is 9.47 Å². The maximum absolute atomic E-state index is 13.0. The second kappa shape index (κ2) is 9.73. The van der Waals surface area contributed by atoms with Gasteiger partial charge in [-0.25, -0.2) is 0 Å². The summed E-state index contributed by atoms with van der Waals surface area (Å²) in [5.41, 5.74) is 5.66. The summed E-state index contributed by atoms with van der Waals surface area (Å²) >= 11 is 0. The van der Waals surface area contributed by atoms with Crippen LogP contribution < -0.4 is 14.8 Å². The fourth-order valence-electron chi connectivity index (χ4n) is 3.58. The average molecular weight is 445 g/mol. The summed E-state index contributed by atoms with van der Waals surface area (Å²) in [5, 5.41) is 12.2. The molecule has 3 aromatic carbocycles. The van der Waals surface area contributed by atoms with Crippen LogP contribution in [0.3, 0.4) is 0 Å². The largest absolute Gasteiger partial charge is 0.494 e. The molecule has 33 heavy (non-hydrogen) atoms. The van der Waals surface area contributed by atoms with Crippen LogP contribution in [0.1, 0.15) is 42.3 Å². The van der Waals surface area contributed by atoms with Gasteiger partial charge in [0.15, 0.2) is 0 Å². The van der Waals surface area contributed by atoms with Crippen LogP contribution in [0, 0.1) is 6.92 Å². The Bertz CT molecular complexity index is 1250. The van der Waals surface area contributed by atoms with Crippen molar-refractivity contribution in [3.05, 3.63) is 71.3 Å². The first kappa shape index (κ1) is 22.3. The first-order valence-corrected chi connectivity index (χ1v) is 11.2. The maximum atomic E-state index is 13.0. The molecule has 0 spiro atoms. The molecular weight excluding hydrogens is 416 g/mol. The van der Waals surface area contributed by atoms with Crippen molar-refractivity contribution in [2.24, 2.45) is 0 Å². The molecule has 0 aliphatic rings. The molecule has 0 radical (unpaired) electrons. The van der Waals surface area contributed by atoms with E-state index in [1.807, 2.05) is 45.0 Å². The summed E-state index contributed by atoms with van der Waals surface area (Å²) in [6.45, 7) is 8.87. The number of fused-ring (bicyclic) bond motifs is 1. The normalized spacial score (nSPS) is 10.9. The van der Waals surface area contributed by atoms with Gasteiger partial charge < -0.3 is 14.8 Å². The molecule has 1 aromatic heterocycles. The standard InChI is InChI=1S/C26H28N4O3/c1-5-18-8-10-20(11-9-18)30-28-24-12-17(4)23(16-25(24)29-30)27-26(31)19-13-21(32-6-2)15-22(14-19)33-7-3/h8-16H,5-7H2,1-4H3,(H,27,31). The average Bonchev–Trinajstić information content (AvgIpc) is 3.22. The van der Waals surface area contributed by atoms with E-state index < -0.39 is 0 Å². The Labute approximate surface area is 193 Å². The Morgan fingerprint density at radius 3 is 2.06 bits per heavy atom. The number of benzene rings is 3. The van der Waals surface area contributed by atoms with Crippen molar-refractivity contribution < 1.29 is 14.3 Å². The number of amides is 1. The van der Waals surface area contributed by atoms with E-state index >= 15 is 0 Å². The van der Waals surface area contributed by atoms with E-state index in [0.29, 0.717) is 41.5 Å². The molecule has 0 aliphatic heterocycles. The molecule has 170 valence electrons. The van der Waals surface area contributed by atoms with Gasteiger partial charge in [0.1, 0.15) is 22.5 Å². The monoisotopic (exact) mass is 444 g/mol. The van der Waals surface area contributed by atoms with Gasteiger partial charge in [-0.05, 0) is 74.7 Å². The number of ether oxygens (including phenoxy) is 2. The van der Waals surface area contributed by atoms with Crippen molar-refractivity contribution in [1.29, 1.82) is 0 Å². The zero-order valence-electron chi connectivity index (χ0n) is 19.4. The fourth-order valence-corrected chi connectivity index (χ4v) is 3.58. The van der Waals surface area contributed by atoms with Crippen molar-refractivity contribution in [2.75, 3.05) is 18.5 Å². The predicted molar refractivity (Wildman–Crippen MR) is 130 cm³/mol. The summed E-state index contributed by atoms with van der Waals surface area (Å²) < 4.78 is 11.2. The number of nitrogens with one attached hydrogen (secondary N) is 1. The van der Waals surface area contributed by atoms with E-state index in [0.717, 1.165) is 23.2 Å². The lowest BCUT2D eigenvalue weighted by Crippen LogP contribution is -2.13. The van der Waals surface area contributed by atoms with Crippen LogP contribution in [-0.4, -0.2) is 34.1 Å². The molecule has 7 nitrogen and oxygen atoms in total. The number of hydrogen-bond donors (Lipinski definition) is 1. The van der Waals surface area contributed by atoms with Gasteiger partial charge in [0.2, 0.25) is 0 Å². The summed E-state index contributed by atoms with van der Waals surface area (Å²) in [7, 11) is 0. The molecule has 0 bridgehead atoms. The van der Waals surface area contributed by atoms with Crippen LogP contribution in [0.25, 0.3) is 16.7 Å². The van der Waals surface area contributed by atoms with Gasteiger partial charge in [0.25, 0.3) is 5.91 Å². The topological polar surface area (TPSA) is 78.3 Å². The molecule has 1 N–H and O–H groups in total. The second-order valence-corrected chi connectivity index (χ2v) is 7.68. The molecule has 4 rings (SSSR count). The third-order valence-electron chi connectivity index (χ3n) is 5.31. The lowest BCUT2D eigenvalue weighted by molar-refractivity contribution is 0.102. The first-order valence-electron chi connectivity index (χ1n) is 11.2. The highest BCUT2D eigenvalue weighted by atomic mass is 16.5. The maximum Gasteiger partial charge on any atom is 0.255 e. The van der Waals surface area contributed by atoms with Crippen LogP contribution in [-0.2, 0) is 6.42 Å². The molecule has 4 aromatic rings. The smallest absolute Gasteiger partial charge is 0.255 e. The van der Waals surface area contributed by atoms with Crippen LogP contribution >= 0.6 is 0 Å². The van der Waals surface area contributed by atoms with Crippen LogP contribution in [0.2, 0.25) is 0 Å². The van der Waals surface area contributed by atoms with Crippen molar-refractivity contribution in [3.8, 4) is 17.2 Å². The third kappa shape index (κ3) is 4.98. The lowest BCUT2D eigenvalue weighted by Gasteiger charge is -2.12. The Kier molecular flexibility index (Phi) is 6.58. The number of carbonyl (C=O) groups is 1. The SMILES string of the molecule is CCOc1cc(OCC)cc(C(=O)Nc2cc3nn(-c4ccc(CC)cc4)nc3cc2C)c1. The van der Waals surface area contributed by atoms with E-state index in [1.54, 1.807) is 23.0 Å². The van der Waals surface area contributed by atoms with E-state index in [2.05, 4.69) is 34.6 Å². The molecule has 1 amide bonds. The van der Waals surface area contributed by atoms with E-state index in [-0.39, 0.29) is 5.91 Å². The summed E-state index contributed by atoms with van der Waals surface area (Å²) in [4.78, 5) is 14.7. The molecule has 0 fully saturated rings. The minimum atomic E-state index is -0.248. The second-order valence-electron chi connectivity index (χ2n) is 7.68. The fraction of sp³-hybridized carbons (Fsp3) is 0.269. The summed E-state index contributed by atoms with van der Waals surface area (Å²) in [5.74, 6) is 0.943. The molecule has 0 saturated heterocycles. The molecule has 7 heteroatoms. The number of hydrogen-bond acceptors (Lipinski definition) is 5.